The topological polar surface area (TPSA) is 38.0 Å². The Kier molecular flexibility index (Phi) is 4.17. The standard InChI is InChI=1S/C16H15BrN2S/c17-13-7-3-1-5-11(13)9-14(19-18)16-10-12-6-2-4-8-15(12)20-16/h1-8,10,14,19H,9,18H2. The van der Waals surface area contributed by atoms with E-state index in [0.29, 0.717) is 0 Å². The molecule has 3 aromatic rings. The maximum Gasteiger partial charge on any atom is 0.0594 e. The monoisotopic (exact) mass is 346 g/mol. The maximum absolute atomic E-state index is 5.77. The van der Waals surface area contributed by atoms with Gasteiger partial charge >= 0.3 is 0 Å². The van der Waals surface area contributed by atoms with Crippen LogP contribution >= 0.6 is 27.3 Å². The van der Waals surface area contributed by atoms with Gasteiger partial charge in [0.2, 0.25) is 0 Å². The molecule has 0 saturated carbocycles. The molecule has 0 aliphatic heterocycles. The number of nitrogens with two attached hydrogens (primary N) is 1. The van der Waals surface area contributed by atoms with Gasteiger partial charge in [-0.3, -0.25) is 11.3 Å². The molecular formula is C16H15BrN2S. The molecule has 2 aromatic carbocycles. The van der Waals surface area contributed by atoms with E-state index in [9.17, 15) is 0 Å². The van der Waals surface area contributed by atoms with Crippen molar-refractivity contribution in [2.24, 2.45) is 5.84 Å². The van der Waals surface area contributed by atoms with Gasteiger partial charge < -0.3 is 0 Å². The summed E-state index contributed by atoms with van der Waals surface area (Å²) < 4.78 is 2.43. The first-order valence-corrected chi connectivity index (χ1v) is 8.07. The third kappa shape index (κ3) is 2.79. The number of halogens is 1. The first-order valence-electron chi connectivity index (χ1n) is 6.46. The molecular weight excluding hydrogens is 332 g/mol. The highest BCUT2D eigenvalue weighted by atomic mass is 79.9. The SMILES string of the molecule is NNC(Cc1ccccc1Br)c1cc2ccccc2s1. The molecule has 0 aliphatic rings. The Balaban J connectivity index is 1.91. The number of hydrogen-bond donors (Lipinski definition) is 2. The van der Waals surface area contributed by atoms with Crippen molar-refractivity contribution in [3.63, 3.8) is 0 Å². The number of hydrogen-bond acceptors (Lipinski definition) is 3. The summed E-state index contributed by atoms with van der Waals surface area (Å²) in [7, 11) is 0. The molecule has 0 bridgehead atoms. The highest BCUT2D eigenvalue weighted by Crippen LogP contribution is 2.32. The second-order valence-corrected chi connectivity index (χ2v) is 6.67. The van der Waals surface area contributed by atoms with Gasteiger partial charge in [-0.2, -0.15) is 0 Å². The van der Waals surface area contributed by atoms with Crippen LogP contribution in [0, 0.1) is 0 Å². The number of nitrogens with one attached hydrogen (secondary N) is 1. The van der Waals surface area contributed by atoms with Crippen LogP contribution in [0.4, 0.5) is 0 Å². The van der Waals surface area contributed by atoms with Crippen LogP contribution in [0.2, 0.25) is 0 Å². The van der Waals surface area contributed by atoms with E-state index in [1.54, 1.807) is 11.3 Å². The molecule has 0 saturated heterocycles. The van der Waals surface area contributed by atoms with Gasteiger partial charge in [-0.05, 0) is 35.6 Å². The van der Waals surface area contributed by atoms with Crippen LogP contribution in [0.25, 0.3) is 10.1 Å². The zero-order valence-electron chi connectivity index (χ0n) is 10.8. The average Bonchev–Trinajstić information content (AvgIpc) is 2.90. The maximum atomic E-state index is 5.77. The van der Waals surface area contributed by atoms with Crippen molar-refractivity contribution in [1.29, 1.82) is 0 Å². The largest absolute Gasteiger partial charge is 0.271 e. The van der Waals surface area contributed by atoms with Gasteiger partial charge in [-0.25, -0.2) is 0 Å². The second-order valence-electron chi connectivity index (χ2n) is 4.70. The minimum atomic E-state index is 0.131. The summed E-state index contributed by atoms with van der Waals surface area (Å²) in [5, 5.41) is 1.28. The summed E-state index contributed by atoms with van der Waals surface area (Å²) in [6.45, 7) is 0. The third-order valence-corrected chi connectivity index (χ3v) is 5.37. The van der Waals surface area contributed by atoms with Crippen LogP contribution in [0.1, 0.15) is 16.5 Å². The van der Waals surface area contributed by atoms with Gasteiger partial charge in [0.25, 0.3) is 0 Å². The molecule has 3 N–H and O–H groups in total. The van der Waals surface area contributed by atoms with E-state index >= 15 is 0 Å². The molecule has 1 aromatic heterocycles. The molecule has 4 heteroatoms. The van der Waals surface area contributed by atoms with Crippen LogP contribution in [0.15, 0.2) is 59.1 Å². The van der Waals surface area contributed by atoms with Gasteiger partial charge in [0.15, 0.2) is 0 Å². The lowest BCUT2D eigenvalue weighted by molar-refractivity contribution is 0.560. The van der Waals surface area contributed by atoms with Crippen molar-refractivity contribution in [3.05, 3.63) is 69.5 Å². The molecule has 1 heterocycles. The summed E-state index contributed by atoms with van der Waals surface area (Å²) in [6.07, 6.45) is 0.866. The quantitative estimate of drug-likeness (QED) is 0.542. The predicted molar refractivity (Wildman–Crippen MR) is 89.7 cm³/mol. The van der Waals surface area contributed by atoms with E-state index < -0.39 is 0 Å². The molecule has 102 valence electrons. The molecule has 0 spiro atoms. The van der Waals surface area contributed by atoms with Crippen molar-refractivity contribution in [1.82, 2.24) is 5.43 Å². The van der Waals surface area contributed by atoms with Crippen LogP contribution in [0.5, 0.6) is 0 Å². The smallest absolute Gasteiger partial charge is 0.0594 e. The molecule has 0 amide bonds. The molecule has 20 heavy (non-hydrogen) atoms. The van der Waals surface area contributed by atoms with Crippen molar-refractivity contribution in [2.75, 3.05) is 0 Å². The second kappa shape index (κ2) is 6.06. The van der Waals surface area contributed by atoms with Gasteiger partial charge in [0, 0.05) is 14.0 Å². The summed E-state index contributed by atoms with van der Waals surface area (Å²) in [4.78, 5) is 1.27. The fraction of sp³-hybridized carbons (Fsp3) is 0.125. The zero-order chi connectivity index (χ0) is 13.9. The van der Waals surface area contributed by atoms with E-state index in [1.165, 1.54) is 20.5 Å². The summed E-state index contributed by atoms with van der Waals surface area (Å²) in [5.74, 6) is 5.77. The van der Waals surface area contributed by atoms with Crippen LogP contribution in [-0.2, 0) is 6.42 Å². The van der Waals surface area contributed by atoms with Crippen LogP contribution in [0.3, 0.4) is 0 Å². The fourth-order valence-electron chi connectivity index (χ4n) is 2.30. The Morgan fingerprint density at radius 1 is 1.10 bits per heavy atom. The predicted octanol–water partition coefficient (Wildman–Crippen LogP) is 4.41. The van der Waals surface area contributed by atoms with Crippen molar-refractivity contribution in [3.8, 4) is 0 Å². The number of rotatable bonds is 4. The molecule has 0 radical (unpaired) electrons. The van der Waals surface area contributed by atoms with Crippen LogP contribution in [-0.4, -0.2) is 0 Å². The molecule has 0 aliphatic carbocycles. The minimum absolute atomic E-state index is 0.131. The highest BCUT2D eigenvalue weighted by molar-refractivity contribution is 9.10. The molecule has 2 nitrogen and oxygen atoms in total. The van der Waals surface area contributed by atoms with Gasteiger partial charge in [0.1, 0.15) is 0 Å². The Hall–Kier alpha value is -1.20. The summed E-state index contributed by atoms with van der Waals surface area (Å²) >= 11 is 5.39. The number of thiophene rings is 1. The average molecular weight is 347 g/mol. The van der Waals surface area contributed by atoms with Crippen molar-refractivity contribution in [2.45, 2.75) is 12.5 Å². The highest BCUT2D eigenvalue weighted by Gasteiger charge is 2.15. The van der Waals surface area contributed by atoms with Gasteiger partial charge in [-0.1, -0.05) is 52.3 Å². The lowest BCUT2D eigenvalue weighted by Crippen LogP contribution is -2.29. The first kappa shape index (κ1) is 13.8. The number of fused-ring (bicyclic) bond motifs is 1. The normalized spacial score (nSPS) is 12.7. The number of hydrazine groups is 1. The third-order valence-electron chi connectivity index (χ3n) is 3.37. The Morgan fingerprint density at radius 2 is 1.85 bits per heavy atom. The molecule has 1 unspecified atom stereocenters. The van der Waals surface area contributed by atoms with Crippen molar-refractivity contribution >= 4 is 37.4 Å². The van der Waals surface area contributed by atoms with E-state index in [2.05, 4.69) is 69.9 Å². The van der Waals surface area contributed by atoms with E-state index in [-0.39, 0.29) is 6.04 Å². The number of benzene rings is 2. The minimum Gasteiger partial charge on any atom is -0.271 e. The van der Waals surface area contributed by atoms with Gasteiger partial charge in [-0.15, -0.1) is 11.3 Å². The Labute approximate surface area is 130 Å². The van der Waals surface area contributed by atoms with E-state index in [4.69, 9.17) is 5.84 Å². The Morgan fingerprint density at radius 3 is 2.60 bits per heavy atom. The first-order chi connectivity index (χ1) is 9.78. The van der Waals surface area contributed by atoms with Crippen LogP contribution < -0.4 is 11.3 Å². The van der Waals surface area contributed by atoms with E-state index in [1.807, 2.05) is 6.07 Å². The molecule has 1 atom stereocenters. The fourth-order valence-corrected chi connectivity index (χ4v) is 3.87. The lowest BCUT2D eigenvalue weighted by atomic mass is 10.0. The van der Waals surface area contributed by atoms with E-state index in [0.717, 1.165) is 10.9 Å². The molecule has 3 rings (SSSR count). The zero-order valence-corrected chi connectivity index (χ0v) is 13.2. The summed E-state index contributed by atoms with van der Waals surface area (Å²) in [6, 6.07) is 19.1. The molecule has 0 fully saturated rings. The van der Waals surface area contributed by atoms with Gasteiger partial charge in [0.05, 0.1) is 6.04 Å². The van der Waals surface area contributed by atoms with Crippen molar-refractivity contribution < 1.29 is 0 Å². The summed E-state index contributed by atoms with van der Waals surface area (Å²) in [5.41, 5.74) is 4.20. The lowest BCUT2D eigenvalue weighted by Gasteiger charge is -2.15. The Bertz CT molecular complexity index is 690.